The smallest absolute Gasteiger partial charge is 0.0113 e. The van der Waals surface area contributed by atoms with Crippen LogP contribution in [0.2, 0.25) is 0 Å². The highest BCUT2D eigenvalue weighted by atomic mass is 15.3. The zero-order chi connectivity index (χ0) is 12.1. The lowest BCUT2D eigenvalue weighted by molar-refractivity contribution is 0.0897. The fraction of sp³-hybridized carbons (Fsp3) is 1.00. The summed E-state index contributed by atoms with van der Waals surface area (Å²) in [5, 5.41) is 0. The molecule has 1 aliphatic heterocycles. The van der Waals surface area contributed by atoms with Crippen LogP contribution in [0.4, 0.5) is 0 Å². The average Bonchev–Trinajstić information content (AvgIpc) is 2.16. The molecular weight excluding hydrogens is 198 g/mol. The molecule has 0 aliphatic carbocycles. The third-order valence-electron chi connectivity index (χ3n) is 3.37. The van der Waals surface area contributed by atoms with Crippen molar-refractivity contribution in [1.29, 1.82) is 0 Å². The van der Waals surface area contributed by atoms with Crippen LogP contribution in [-0.4, -0.2) is 54.6 Å². The topological polar surface area (TPSA) is 32.5 Å². The summed E-state index contributed by atoms with van der Waals surface area (Å²) in [7, 11) is 0. The van der Waals surface area contributed by atoms with Crippen molar-refractivity contribution in [1.82, 2.24) is 9.80 Å². The van der Waals surface area contributed by atoms with E-state index in [4.69, 9.17) is 5.73 Å². The van der Waals surface area contributed by atoms with Crippen molar-refractivity contribution >= 4 is 0 Å². The van der Waals surface area contributed by atoms with Crippen molar-refractivity contribution in [2.75, 3.05) is 32.7 Å². The highest BCUT2D eigenvalue weighted by Gasteiger charge is 2.21. The van der Waals surface area contributed by atoms with E-state index in [1.165, 1.54) is 32.7 Å². The zero-order valence-corrected chi connectivity index (χ0v) is 11.4. The van der Waals surface area contributed by atoms with Gasteiger partial charge in [-0.1, -0.05) is 13.8 Å². The first-order valence-electron chi connectivity index (χ1n) is 6.71. The number of hydrogen-bond acceptors (Lipinski definition) is 3. The Bertz CT molecular complexity index is 184. The summed E-state index contributed by atoms with van der Waals surface area (Å²) in [4.78, 5) is 5.17. The molecule has 0 radical (unpaired) electrons. The summed E-state index contributed by atoms with van der Waals surface area (Å²) in [6.45, 7) is 15.1. The Morgan fingerprint density at radius 2 is 1.56 bits per heavy atom. The zero-order valence-electron chi connectivity index (χ0n) is 11.4. The minimum Gasteiger partial charge on any atom is -0.328 e. The van der Waals surface area contributed by atoms with Crippen molar-refractivity contribution in [3.8, 4) is 0 Å². The Morgan fingerprint density at radius 1 is 1.00 bits per heavy atom. The van der Waals surface area contributed by atoms with Crippen molar-refractivity contribution in [3.05, 3.63) is 0 Å². The molecule has 2 unspecified atom stereocenters. The molecule has 2 atom stereocenters. The fourth-order valence-electron chi connectivity index (χ4n) is 2.59. The normalized spacial score (nSPS) is 23.6. The van der Waals surface area contributed by atoms with Gasteiger partial charge in [-0.3, -0.25) is 4.90 Å². The summed E-state index contributed by atoms with van der Waals surface area (Å²) in [5.41, 5.74) is 5.86. The number of nitrogens with two attached hydrogens (primary N) is 1. The molecule has 0 amide bonds. The van der Waals surface area contributed by atoms with Crippen LogP contribution >= 0.6 is 0 Å². The minimum atomic E-state index is 0.323. The van der Waals surface area contributed by atoms with Gasteiger partial charge < -0.3 is 10.6 Å². The van der Waals surface area contributed by atoms with E-state index in [2.05, 4.69) is 37.5 Å². The van der Waals surface area contributed by atoms with Crippen molar-refractivity contribution < 1.29 is 0 Å². The van der Waals surface area contributed by atoms with E-state index in [1.54, 1.807) is 0 Å². The molecule has 0 aromatic rings. The van der Waals surface area contributed by atoms with E-state index in [-0.39, 0.29) is 0 Å². The second-order valence-corrected chi connectivity index (χ2v) is 5.79. The number of rotatable bonds is 5. The van der Waals surface area contributed by atoms with Gasteiger partial charge in [0.15, 0.2) is 0 Å². The average molecular weight is 227 g/mol. The third kappa shape index (κ3) is 4.81. The van der Waals surface area contributed by atoms with E-state index in [1.807, 2.05) is 0 Å². The number of piperazine rings is 1. The molecule has 1 saturated heterocycles. The predicted octanol–water partition coefficient (Wildman–Crippen LogP) is 1.39. The van der Waals surface area contributed by atoms with Crippen LogP contribution in [0.5, 0.6) is 0 Å². The summed E-state index contributed by atoms with van der Waals surface area (Å²) >= 11 is 0. The molecule has 1 heterocycles. The van der Waals surface area contributed by atoms with Gasteiger partial charge in [-0.25, -0.2) is 0 Å². The molecule has 0 aromatic heterocycles. The van der Waals surface area contributed by atoms with Crippen LogP contribution < -0.4 is 5.73 Å². The summed E-state index contributed by atoms with van der Waals surface area (Å²) < 4.78 is 0. The lowest BCUT2D eigenvalue weighted by atomic mass is 10.1. The van der Waals surface area contributed by atoms with E-state index in [0.717, 1.165) is 12.3 Å². The Kier molecular flexibility index (Phi) is 5.73. The van der Waals surface area contributed by atoms with Gasteiger partial charge >= 0.3 is 0 Å². The molecule has 1 fully saturated rings. The Balaban J connectivity index is 2.25. The van der Waals surface area contributed by atoms with Crippen LogP contribution in [0.15, 0.2) is 0 Å². The van der Waals surface area contributed by atoms with E-state index < -0.39 is 0 Å². The fourth-order valence-corrected chi connectivity index (χ4v) is 2.59. The monoisotopic (exact) mass is 227 g/mol. The second kappa shape index (κ2) is 6.58. The van der Waals surface area contributed by atoms with Crippen LogP contribution in [0.3, 0.4) is 0 Å². The first-order valence-corrected chi connectivity index (χ1v) is 6.71. The van der Waals surface area contributed by atoms with E-state index in [0.29, 0.717) is 12.1 Å². The largest absolute Gasteiger partial charge is 0.328 e. The molecule has 3 nitrogen and oxygen atoms in total. The number of hydrogen-bond donors (Lipinski definition) is 1. The molecule has 0 spiro atoms. The molecule has 1 aliphatic rings. The molecule has 0 bridgehead atoms. The van der Waals surface area contributed by atoms with Crippen molar-refractivity contribution in [2.45, 2.75) is 46.2 Å². The highest BCUT2D eigenvalue weighted by molar-refractivity contribution is 4.78. The molecular formula is C13H29N3. The maximum Gasteiger partial charge on any atom is 0.0113 e. The predicted molar refractivity (Wildman–Crippen MR) is 70.6 cm³/mol. The van der Waals surface area contributed by atoms with Crippen LogP contribution in [0.25, 0.3) is 0 Å². The molecule has 0 aromatic carbocycles. The molecule has 0 saturated carbocycles. The van der Waals surface area contributed by atoms with Gasteiger partial charge in [0.1, 0.15) is 0 Å². The van der Waals surface area contributed by atoms with Crippen molar-refractivity contribution in [2.24, 2.45) is 11.7 Å². The molecule has 3 heteroatoms. The summed E-state index contributed by atoms with van der Waals surface area (Å²) in [6.07, 6.45) is 1.12. The quantitative estimate of drug-likeness (QED) is 0.770. The van der Waals surface area contributed by atoms with E-state index in [9.17, 15) is 0 Å². The first-order chi connectivity index (χ1) is 7.49. The summed E-state index contributed by atoms with van der Waals surface area (Å²) in [6, 6.07) is 0.963. The van der Waals surface area contributed by atoms with Gasteiger partial charge in [0.25, 0.3) is 0 Å². The Hall–Kier alpha value is -0.120. The first kappa shape index (κ1) is 13.9. The molecule has 2 N–H and O–H groups in total. The van der Waals surface area contributed by atoms with Crippen LogP contribution in [-0.2, 0) is 0 Å². The Morgan fingerprint density at radius 3 is 2.00 bits per heavy atom. The lowest BCUT2D eigenvalue weighted by Crippen LogP contribution is -2.51. The van der Waals surface area contributed by atoms with Gasteiger partial charge in [-0.15, -0.1) is 0 Å². The van der Waals surface area contributed by atoms with E-state index >= 15 is 0 Å². The summed E-state index contributed by atoms with van der Waals surface area (Å²) in [5.74, 6) is 0.785. The maximum absolute atomic E-state index is 5.86. The van der Waals surface area contributed by atoms with Crippen LogP contribution in [0.1, 0.15) is 34.1 Å². The lowest BCUT2D eigenvalue weighted by Gasteiger charge is -2.39. The van der Waals surface area contributed by atoms with Gasteiger partial charge in [0.2, 0.25) is 0 Å². The maximum atomic E-state index is 5.86. The second-order valence-electron chi connectivity index (χ2n) is 5.79. The molecule has 96 valence electrons. The highest BCUT2D eigenvalue weighted by Crippen LogP contribution is 2.11. The van der Waals surface area contributed by atoms with Gasteiger partial charge in [-0.05, 0) is 26.2 Å². The van der Waals surface area contributed by atoms with Gasteiger partial charge in [0, 0.05) is 44.8 Å². The van der Waals surface area contributed by atoms with Crippen molar-refractivity contribution in [3.63, 3.8) is 0 Å². The molecule has 1 rings (SSSR count). The standard InChI is InChI=1S/C13H29N3/c1-11(2)10-15-5-7-16(8-6-15)13(4)9-12(3)14/h11-13H,5-10,14H2,1-4H3. The van der Waals surface area contributed by atoms with Crippen LogP contribution in [0, 0.1) is 5.92 Å². The number of nitrogens with zero attached hydrogens (tertiary/aromatic N) is 2. The minimum absolute atomic E-state index is 0.323. The Labute approximate surface area is 101 Å². The molecule has 16 heavy (non-hydrogen) atoms. The SMILES string of the molecule is CC(C)CN1CCN(C(C)CC(C)N)CC1. The van der Waals surface area contributed by atoms with Gasteiger partial charge in [-0.2, -0.15) is 0 Å². The third-order valence-corrected chi connectivity index (χ3v) is 3.37. The van der Waals surface area contributed by atoms with Gasteiger partial charge in [0.05, 0.1) is 0 Å².